The molecule has 2 N–H and O–H groups in total. The maximum absolute atomic E-state index is 9.83. The maximum Gasteiger partial charge on any atom is 0.193 e. The monoisotopic (exact) mass is 146 g/mol. The molecule has 0 saturated heterocycles. The molecule has 0 bridgehead atoms. The highest BCUT2D eigenvalue weighted by molar-refractivity contribution is 5.73. The van der Waals surface area contributed by atoms with Crippen LogP contribution in [-0.2, 0) is 4.79 Å². The number of hydrogen-bond donors (Lipinski definition) is 1. The molecule has 1 aromatic heterocycles. The molecule has 0 aliphatic rings. The van der Waals surface area contributed by atoms with Crippen molar-refractivity contribution in [3.8, 4) is 11.8 Å². The van der Waals surface area contributed by atoms with Gasteiger partial charge >= 0.3 is 0 Å². The molecule has 11 heavy (non-hydrogen) atoms. The van der Waals surface area contributed by atoms with Gasteiger partial charge in [0.05, 0.1) is 0 Å². The Morgan fingerprint density at radius 1 is 1.55 bits per heavy atom. The van der Waals surface area contributed by atoms with Crippen LogP contribution in [0, 0.1) is 11.8 Å². The van der Waals surface area contributed by atoms with E-state index >= 15 is 0 Å². The van der Waals surface area contributed by atoms with Crippen molar-refractivity contribution >= 4 is 12.1 Å². The fourth-order valence-electron chi connectivity index (χ4n) is 0.624. The normalized spacial score (nSPS) is 8.00. The average Bonchev–Trinajstić information content (AvgIpc) is 2.01. The van der Waals surface area contributed by atoms with Gasteiger partial charge in [0.25, 0.3) is 0 Å². The van der Waals surface area contributed by atoms with E-state index in [1.165, 1.54) is 0 Å². The number of nitrogens with two attached hydrogens (primary N) is 1. The first-order valence-electron chi connectivity index (χ1n) is 3.00. The van der Waals surface area contributed by atoms with Crippen molar-refractivity contribution in [1.29, 1.82) is 0 Å². The van der Waals surface area contributed by atoms with Crippen molar-refractivity contribution in [2.45, 2.75) is 0 Å². The Labute approximate surface area is 64.2 Å². The highest BCUT2D eigenvalue weighted by Crippen LogP contribution is 1.97. The molecule has 0 atom stereocenters. The lowest BCUT2D eigenvalue weighted by Gasteiger charge is -1.90. The van der Waals surface area contributed by atoms with Crippen LogP contribution in [0.15, 0.2) is 18.2 Å². The third-order valence-corrected chi connectivity index (χ3v) is 1.03. The zero-order valence-electron chi connectivity index (χ0n) is 5.74. The predicted molar refractivity (Wildman–Crippen MR) is 41.6 cm³/mol. The van der Waals surface area contributed by atoms with Crippen LogP contribution in [0.1, 0.15) is 5.69 Å². The third kappa shape index (κ3) is 2.11. The summed E-state index contributed by atoms with van der Waals surface area (Å²) < 4.78 is 0. The van der Waals surface area contributed by atoms with Crippen LogP contribution in [0.5, 0.6) is 0 Å². The minimum atomic E-state index is 0.405. The lowest BCUT2D eigenvalue weighted by Crippen LogP contribution is -1.90. The van der Waals surface area contributed by atoms with Gasteiger partial charge in [-0.1, -0.05) is 6.07 Å². The van der Waals surface area contributed by atoms with Crippen LogP contribution in [0.25, 0.3) is 0 Å². The molecule has 0 aromatic carbocycles. The Hall–Kier alpha value is -1.82. The van der Waals surface area contributed by atoms with Crippen LogP contribution < -0.4 is 5.73 Å². The summed E-state index contributed by atoms with van der Waals surface area (Å²) in [6.07, 6.45) is 0.519. The van der Waals surface area contributed by atoms with Crippen molar-refractivity contribution in [2.75, 3.05) is 5.73 Å². The summed E-state index contributed by atoms with van der Waals surface area (Å²) in [4.78, 5) is 13.7. The largest absolute Gasteiger partial charge is 0.384 e. The molecule has 3 nitrogen and oxygen atoms in total. The van der Waals surface area contributed by atoms with E-state index in [-0.39, 0.29) is 0 Å². The number of rotatable bonds is 0. The number of nitrogen functional groups attached to an aromatic ring is 1. The van der Waals surface area contributed by atoms with Crippen LogP contribution in [0.3, 0.4) is 0 Å². The molecule has 0 spiro atoms. The van der Waals surface area contributed by atoms with E-state index < -0.39 is 0 Å². The highest BCUT2D eigenvalue weighted by Gasteiger charge is 1.87. The number of carbonyl (C=O) groups excluding carboxylic acids is 1. The molecule has 54 valence electrons. The number of pyridine rings is 1. The van der Waals surface area contributed by atoms with Crippen molar-refractivity contribution in [3.63, 3.8) is 0 Å². The number of carbonyl (C=O) groups is 1. The number of anilines is 1. The summed E-state index contributed by atoms with van der Waals surface area (Å²) in [5, 5.41) is 0. The minimum Gasteiger partial charge on any atom is -0.384 e. The Morgan fingerprint density at radius 2 is 2.36 bits per heavy atom. The van der Waals surface area contributed by atoms with Crippen LogP contribution in [0.2, 0.25) is 0 Å². The van der Waals surface area contributed by atoms with Gasteiger partial charge in [-0.2, -0.15) is 0 Å². The van der Waals surface area contributed by atoms with Gasteiger partial charge in [0.2, 0.25) is 0 Å². The Bertz CT molecular complexity index is 322. The van der Waals surface area contributed by atoms with Gasteiger partial charge in [-0.3, -0.25) is 4.79 Å². The van der Waals surface area contributed by atoms with Crippen LogP contribution >= 0.6 is 0 Å². The molecule has 0 unspecified atom stereocenters. The third-order valence-electron chi connectivity index (χ3n) is 1.03. The molecule has 0 amide bonds. The zero-order chi connectivity index (χ0) is 8.10. The minimum absolute atomic E-state index is 0.405. The van der Waals surface area contributed by atoms with Crippen LogP contribution in [-0.4, -0.2) is 11.3 Å². The quantitative estimate of drug-likeness (QED) is 0.420. The molecule has 0 radical (unpaired) electrons. The van der Waals surface area contributed by atoms with Crippen molar-refractivity contribution < 1.29 is 4.79 Å². The molecule has 0 aliphatic heterocycles. The average molecular weight is 146 g/mol. The summed E-state index contributed by atoms with van der Waals surface area (Å²) in [5.41, 5.74) is 5.87. The Balaban J connectivity index is 2.96. The van der Waals surface area contributed by atoms with Crippen LogP contribution in [0.4, 0.5) is 5.82 Å². The maximum atomic E-state index is 9.83. The lowest BCUT2D eigenvalue weighted by molar-refractivity contribution is -0.103. The summed E-state index contributed by atoms with van der Waals surface area (Å²) in [7, 11) is 0. The molecule has 3 heteroatoms. The Kier molecular flexibility index (Phi) is 2.24. The molecule has 0 fully saturated rings. The lowest BCUT2D eigenvalue weighted by atomic mass is 10.3. The molecule has 0 saturated carbocycles. The molecular weight excluding hydrogens is 140 g/mol. The van der Waals surface area contributed by atoms with E-state index in [1.807, 2.05) is 0 Å². The number of nitrogens with zero attached hydrogens (tertiary/aromatic N) is 1. The van der Waals surface area contributed by atoms with Gasteiger partial charge in [0.15, 0.2) is 6.29 Å². The summed E-state index contributed by atoms with van der Waals surface area (Å²) in [5.74, 6) is 5.17. The van der Waals surface area contributed by atoms with E-state index in [4.69, 9.17) is 5.73 Å². The zero-order valence-corrected chi connectivity index (χ0v) is 5.74. The Morgan fingerprint density at radius 3 is 3.00 bits per heavy atom. The van der Waals surface area contributed by atoms with E-state index in [0.717, 1.165) is 0 Å². The fraction of sp³-hybridized carbons (Fsp3) is 0. The van der Waals surface area contributed by atoms with Crippen molar-refractivity contribution in [2.24, 2.45) is 0 Å². The summed E-state index contributed by atoms with van der Waals surface area (Å²) >= 11 is 0. The fourth-order valence-corrected chi connectivity index (χ4v) is 0.624. The van der Waals surface area contributed by atoms with Gasteiger partial charge in [-0.15, -0.1) is 0 Å². The summed E-state index contributed by atoms with van der Waals surface area (Å²) in [6, 6.07) is 5.08. The molecule has 1 aromatic rings. The van der Waals surface area contributed by atoms with Gasteiger partial charge in [0.1, 0.15) is 11.5 Å². The van der Waals surface area contributed by atoms with Crippen molar-refractivity contribution in [1.82, 2.24) is 4.98 Å². The first kappa shape index (κ1) is 7.29. The van der Waals surface area contributed by atoms with E-state index in [1.54, 1.807) is 18.2 Å². The van der Waals surface area contributed by atoms with Crippen molar-refractivity contribution in [3.05, 3.63) is 23.9 Å². The van der Waals surface area contributed by atoms with E-state index in [0.29, 0.717) is 17.8 Å². The first-order valence-corrected chi connectivity index (χ1v) is 3.00. The standard InChI is InChI=1S/C8H6N2O/c9-8-5-1-3-7(10-8)4-2-6-11/h1,3,5-6H,(H2,9,10). The second-order valence-electron chi connectivity index (χ2n) is 1.83. The van der Waals surface area contributed by atoms with E-state index in [2.05, 4.69) is 16.8 Å². The molecule has 1 heterocycles. The second kappa shape index (κ2) is 3.37. The smallest absolute Gasteiger partial charge is 0.193 e. The second-order valence-corrected chi connectivity index (χ2v) is 1.83. The van der Waals surface area contributed by atoms with Gasteiger partial charge in [-0.05, 0) is 24.0 Å². The number of aldehydes is 1. The SMILES string of the molecule is Nc1cccc(C#CC=O)n1. The molecular formula is C8H6N2O. The summed E-state index contributed by atoms with van der Waals surface area (Å²) in [6.45, 7) is 0. The number of hydrogen-bond acceptors (Lipinski definition) is 3. The highest BCUT2D eigenvalue weighted by atomic mass is 16.1. The number of aromatic nitrogens is 1. The molecule has 1 rings (SSSR count). The van der Waals surface area contributed by atoms with Gasteiger partial charge in [-0.25, -0.2) is 4.98 Å². The predicted octanol–water partition coefficient (Wildman–Crippen LogP) is 0.214. The van der Waals surface area contributed by atoms with E-state index in [9.17, 15) is 4.79 Å². The molecule has 0 aliphatic carbocycles. The van der Waals surface area contributed by atoms with Gasteiger partial charge < -0.3 is 5.73 Å². The topological polar surface area (TPSA) is 56.0 Å². The first-order chi connectivity index (χ1) is 5.33. The van der Waals surface area contributed by atoms with Gasteiger partial charge in [0, 0.05) is 0 Å².